The summed E-state index contributed by atoms with van der Waals surface area (Å²) in [4.78, 5) is 19.5. The molecule has 5 nitrogen and oxygen atoms in total. The summed E-state index contributed by atoms with van der Waals surface area (Å²) < 4.78 is 5.40. The minimum atomic E-state index is -0.446. The van der Waals surface area contributed by atoms with E-state index in [4.69, 9.17) is 9.57 Å². The Morgan fingerprint density at radius 3 is 2.30 bits per heavy atom. The quantitative estimate of drug-likeness (QED) is 0.800. The van der Waals surface area contributed by atoms with E-state index < -0.39 is 5.41 Å². The van der Waals surface area contributed by atoms with E-state index >= 15 is 0 Å². The zero-order chi connectivity index (χ0) is 14.6. The molecular weight excluding hydrogens is 256 g/mol. The topological polar surface area (TPSA) is 50.8 Å². The van der Waals surface area contributed by atoms with E-state index in [0.717, 1.165) is 39.1 Å². The molecule has 1 heterocycles. The van der Waals surface area contributed by atoms with Gasteiger partial charge in [-0.3, -0.25) is 4.90 Å². The summed E-state index contributed by atoms with van der Waals surface area (Å²) in [6, 6.07) is 0.980. The van der Waals surface area contributed by atoms with Gasteiger partial charge in [0.2, 0.25) is 0 Å². The molecule has 0 aromatic heterocycles. The van der Waals surface area contributed by atoms with Crippen LogP contribution in [0.4, 0.5) is 0 Å². The van der Waals surface area contributed by atoms with Crippen LogP contribution >= 0.6 is 0 Å². The number of morpholine rings is 1. The number of hydroxylamine groups is 1. The van der Waals surface area contributed by atoms with Gasteiger partial charge in [0.05, 0.1) is 18.6 Å². The first kappa shape index (κ1) is 15.7. The molecule has 2 aliphatic rings. The lowest BCUT2D eigenvalue weighted by atomic mass is 9.90. The van der Waals surface area contributed by atoms with Gasteiger partial charge in [-0.1, -0.05) is 0 Å². The summed E-state index contributed by atoms with van der Waals surface area (Å²) in [5.41, 5.74) is 2.51. The van der Waals surface area contributed by atoms with Gasteiger partial charge >= 0.3 is 5.97 Å². The minimum absolute atomic E-state index is 0.187. The van der Waals surface area contributed by atoms with Crippen LogP contribution in [0.25, 0.3) is 0 Å². The first-order valence-corrected chi connectivity index (χ1v) is 7.75. The summed E-state index contributed by atoms with van der Waals surface area (Å²) >= 11 is 0. The summed E-state index contributed by atoms with van der Waals surface area (Å²) in [7, 11) is 0. The van der Waals surface area contributed by atoms with Gasteiger partial charge < -0.3 is 9.57 Å². The Labute approximate surface area is 121 Å². The third-order valence-corrected chi connectivity index (χ3v) is 4.19. The number of ether oxygens (including phenoxy) is 1. The number of rotatable bonds is 3. The van der Waals surface area contributed by atoms with Crippen LogP contribution in [0, 0.1) is 5.41 Å². The van der Waals surface area contributed by atoms with Crippen molar-refractivity contribution in [1.29, 1.82) is 0 Å². The molecule has 1 saturated heterocycles. The lowest BCUT2D eigenvalue weighted by molar-refractivity contribution is -0.163. The van der Waals surface area contributed by atoms with Crippen molar-refractivity contribution in [1.82, 2.24) is 10.4 Å². The number of hydrogen-bond donors (Lipinski definition) is 1. The molecule has 0 bridgehead atoms. The van der Waals surface area contributed by atoms with Crippen molar-refractivity contribution in [2.75, 3.05) is 26.3 Å². The number of nitrogens with zero attached hydrogens (tertiary/aromatic N) is 1. The molecule has 0 amide bonds. The highest BCUT2D eigenvalue weighted by Gasteiger charge is 2.29. The van der Waals surface area contributed by atoms with Crippen LogP contribution in [0.15, 0.2) is 0 Å². The maximum atomic E-state index is 11.7. The van der Waals surface area contributed by atoms with Gasteiger partial charge in [0.15, 0.2) is 0 Å². The van der Waals surface area contributed by atoms with Gasteiger partial charge in [-0.15, -0.1) is 0 Å². The molecule has 1 aliphatic heterocycles. The molecule has 2 rings (SSSR count). The van der Waals surface area contributed by atoms with Gasteiger partial charge in [0, 0.05) is 25.2 Å². The molecule has 1 saturated carbocycles. The van der Waals surface area contributed by atoms with Gasteiger partial charge in [0.1, 0.15) is 0 Å². The monoisotopic (exact) mass is 284 g/mol. The van der Waals surface area contributed by atoms with Crippen molar-refractivity contribution >= 4 is 5.97 Å². The normalized spacial score (nSPS) is 29.1. The standard InChI is InChI=1S/C15H28N2O3/c1-15(2,3)14(18)20-16-12-4-6-13(7-5-12)17-8-10-19-11-9-17/h12-13,16H,4-11H2,1-3H3. The molecule has 0 spiro atoms. The second-order valence-electron chi connectivity index (χ2n) is 6.91. The predicted octanol–water partition coefficient (Wildman–Crippen LogP) is 1.72. The third-order valence-electron chi connectivity index (χ3n) is 4.19. The maximum absolute atomic E-state index is 11.7. The highest BCUT2D eigenvalue weighted by Crippen LogP contribution is 2.24. The van der Waals surface area contributed by atoms with Gasteiger partial charge in [-0.05, 0) is 46.5 Å². The van der Waals surface area contributed by atoms with Gasteiger partial charge in [0.25, 0.3) is 0 Å². The van der Waals surface area contributed by atoms with E-state index in [9.17, 15) is 4.79 Å². The SMILES string of the molecule is CC(C)(C)C(=O)ONC1CCC(N2CCOCC2)CC1. The highest BCUT2D eigenvalue weighted by atomic mass is 16.7. The Morgan fingerprint density at radius 2 is 1.75 bits per heavy atom. The number of carbonyl (C=O) groups excluding carboxylic acids is 1. The zero-order valence-corrected chi connectivity index (χ0v) is 13.0. The highest BCUT2D eigenvalue weighted by molar-refractivity contribution is 5.75. The van der Waals surface area contributed by atoms with Crippen LogP contribution in [0.5, 0.6) is 0 Å². The fourth-order valence-corrected chi connectivity index (χ4v) is 2.79. The Morgan fingerprint density at radius 1 is 1.15 bits per heavy atom. The first-order valence-electron chi connectivity index (χ1n) is 7.75. The van der Waals surface area contributed by atoms with Crippen molar-refractivity contribution in [2.45, 2.75) is 58.5 Å². The Kier molecular flexibility index (Phi) is 5.41. The molecule has 0 aromatic carbocycles. The van der Waals surface area contributed by atoms with Crippen molar-refractivity contribution in [2.24, 2.45) is 5.41 Å². The Balaban J connectivity index is 1.67. The second kappa shape index (κ2) is 6.87. The molecule has 116 valence electrons. The molecule has 2 fully saturated rings. The minimum Gasteiger partial charge on any atom is -0.379 e. The molecule has 5 heteroatoms. The van der Waals surface area contributed by atoms with E-state index in [1.54, 1.807) is 0 Å². The summed E-state index contributed by atoms with van der Waals surface area (Å²) in [6.07, 6.45) is 4.48. The van der Waals surface area contributed by atoms with E-state index in [1.807, 2.05) is 20.8 Å². The van der Waals surface area contributed by atoms with Crippen LogP contribution < -0.4 is 5.48 Å². The first-order chi connectivity index (χ1) is 9.47. The van der Waals surface area contributed by atoms with Crippen molar-refractivity contribution in [3.63, 3.8) is 0 Å². The molecular formula is C15H28N2O3. The average molecular weight is 284 g/mol. The fraction of sp³-hybridized carbons (Fsp3) is 0.933. The summed E-state index contributed by atoms with van der Waals surface area (Å²) in [5, 5.41) is 0. The zero-order valence-electron chi connectivity index (χ0n) is 13.0. The van der Waals surface area contributed by atoms with Crippen molar-refractivity contribution < 1.29 is 14.4 Å². The third kappa shape index (κ3) is 4.43. The lowest BCUT2D eigenvalue weighted by Crippen LogP contribution is -2.47. The maximum Gasteiger partial charge on any atom is 0.329 e. The summed E-state index contributed by atoms with van der Waals surface area (Å²) in [6.45, 7) is 9.44. The molecule has 0 unspecified atom stereocenters. The Bertz CT molecular complexity index is 314. The Hall–Kier alpha value is -0.650. The van der Waals surface area contributed by atoms with E-state index in [0.29, 0.717) is 12.1 Å². The number of nitrogens with one attached hydrogen (secondary N) is 1. The van der Waals surface area contributed by atoms with Crippen molar-refractivity contribution in [3.05, 3.63) is 0 Å². The molecule has 1 N–H and O–H groups in total. The van der Waals surface area contributed by atoms with Crippen LogP contribution in [-0.4, -0.2) is 49.3 Å². The molecule has 20 heavy (non-hydrogen) atoms. The largest absolute Gasteiger partial charge is 0.379 e. The smallest absolute Gasteiger partial charge is 0.329 e. The number of hydrogen-bond acceptors (Lipinski definition) is 5. The van der Waals surface area contributed by atoms with Crippen LogP contribution in [-0.2, 0) is 14.4 Å². The van der Waals surface area contributed by atoms with E-state index in [1.165, 1.54) is 12.8 Å². The van der Waals surface area contributed by atoms with Gasteiger partial charge in [-0.25, -0.2) is 4.79 Å². The van der Waals surface area contributed by atoms with E-state index in [-0.39, 0.29) is 5.97 Å². The lowest BCUT2D eigenvalue weighted by Gasteiger charge is -2.38. The fourth-order valence-electron chi connectivity index (χ4n) is 2.79. The van der Waals surface area contributed by atoms with E-state index in [2.05, 4.69) is 10.4 Å². The van der Waals surface area contributed by atoms with Gasteiger partial charge in [-0.2, -0.15) is 5.48 Å². The second-order valence-corrected chi connectivity index (χ2v) is 6.91. The predicted molar refractivity (Wildman–Crippen MR) is 77.1 cm³/mol. The van der Waals surface area contributed by atoms with Crippen molar-refractivity contribution in [3.8, 4) is 0 Å². The molecule has 0 atom stereocenters. The molecule has 1 aliphatic carbocycles. The summed E-state index contributed by atoms with van der Waals surface area (Å²) in [5.74, 6) is -0.187. The average Bonchev–Trinajstić information content (AvgIpc) is 2.45. The molecule has 0 aromatic rings. The number of carbonyl (C=O) groups is 1. The molecule has 0 radical (unpaired) electrons. The van der Waals surface area contributed by atoms with Crippen LogP contribution in [0.2, 0.25) is 0 Å². The van der Waals surface area contributed by atoms with Crippen LogP contribution in [0.3, 0.4) is 0 Å². The van der Waals surface area contributed by atoms with Crippen LogP contribution in [0.1, 0.15) is 46.5 Å².